The molecule has 2 fully saturated rings. The second-order valence-electron chi connectivity index (χ2n) is 5.18. The van der Waals surface area contributed by atoms with Crippen molar-refractivity contribution in [3.8, 4) is 0 Å². The van der Waals surface area contributed by atoms with Gasteiger partial charge >= 0.3 is 0 Å². The molecule has 0 spiro atoms. The van der Waals surface area contributed by atoms with Crippen molar-refractivity contribution in [3.05, 3.63) is 0 Å². The van der Waals surface area contributed by atoms with Gasteiger partial charge in [0.25, 0.3) is 0 Å². The molecule has 1 saturated carbocycles. The molecule has 2 nitrogen and oxygen atoms in total. The van der Waals surface area contributed by atoms with Gasteiger partial charge in [-0.15, -0.1) is 0 Å². The highest BCUT2D eigenvalue weighted by Crippen LogP contribution is 2.38. The zero-order valence-corrected chi connectivity index (χ0v) is 10.7. The monoisotopic (exact) mass is 229 g/mol. The van der Waals surface area contributed by atoms with Gasteiger partial charge in [0.1, 0.15) is 0 Å². The Hall–Kier alpha value is 0.270. The van der Waals surface area contributed by atoms with Crippen LogP contribution in [0, 0.1) is 5.92 Å². The molecule has 0 aromatic rings. The van der Waals surface area contributed by atoms with Crippen LogP contribution in [0.5, 0.6) is 0 Å². The van der Waals surface area contributed by atoms with E-state index in [9.17, 15) is 0 Å². The van der Waals surface area contributed by atoms with Crippen LogP contribution in [0.25, 0.3) is 0 Å². The highest BCUT2D eigenvalue weighted by atomic mass is 32.2. The first kappa shape index (κ1) is 11.7. The van der Waals surface area contributed by atoms with Crippen molar-refractivity contribution >= 4 is 11.8 Å². The molecule has 0 bridgehead atoms. The molecular formula is C12H23NOS. The van der Waals surface area contributed by atoms with Crippen molar-refractivity contribution in [2.24, 2.45) is 5.92 Å². The van der Waals surface area contributed by atoms with E-state index in [1.54, 1.807) is 0 Å². The number of hydrogen-bond donors (Lipinski definition) is 1. The first-order chi connectivity index (χ1) is 7.23. The predicted molar refractivity (Wildman–Crippen MR) is 66.5 cm³/mol. The van der Waals surface area contributed by atoms with Crippen LogP contribution in [0.15, 0.2) is 0 Å². The second kappa shape index (κ2) is 5.07. The lowest BCUT2D eigenvalue weighted by Gasteiger charge is -2.27. The van der Waals surface area contributed by atoms with E-state index in [0.717, 1.165) is 19.1 Å². The molecule has 2 atom stereocenters. The number of methoxy groups -OCH3 is 1. The Morgan fingerprint density at radius 3 is 2.87 bits per heavy atom. The molecule has 1 heterocycles. The molecular weight excluding hydrogens is 206 g/mol. The fourth-order valence-corrected chi connectivity index (χ4v) is 3.62. The highest BCUT2D eigenvalue weighted by molar-refractivity contribution is 8.00. The average molecular weight is 229 g/mol. The van der Waals surface area contributed by atoms with Gasteiger partial charge in [-0.1, -0.05) is 0 Å². The Morgan fingerprint density at radius 2 is 2.33 bits per heavy atom. The molecule has 88 valence electrons. The van der Waals surface area contributed by atoms with Crippen LogP contribution in [-0.2, 0) is 4.74 Å². The summed E-state index contributed by atoms with van der Waals surface area (Å²) in [4.78, 5) is 0. The summed E-state index contributed by atoms with van der Waals surface area (Å²) in [5.41, 5.74) is 0. The summed E-state index contributed by atoms with van der Waals surface area (Å²) in [5, 5.41) is 3.72. The summed E-state index contributed by atoms with van der Waals surface area (Å²) >= 11 is 2.13. The highest BCUT2D eigenvalue weighted by Gasteiger charge is 2.34. The van der Waals surface area contributed by atoms with Crippen LogP contribution in [0.3, 0.4) is 0 Å². The lowest BCUT2D eigenvalue weighted by atomic mass is 10.0. The van der Waals surface area contributed by atoms with Crippen LogP contribution < -0.4 is 5.32 Å². The molecule has 0 aromatic heterocycles. The van der Waals surface area contributed by atoms with E-state index in [1.165, 1.54) is 31.4 Å². The van der Waals surface area contributed by atoms with E-state index in [4.69, 9.17) is 4.74 Å². The van der Waals surface area contributed by atoms with E-state index in [0.29, 0.717) is 10.8 Å². The first-order valence-electron chi connectivity index (χ1n) is 6.10. The SMILES string of the molecule is COCC(NCC1(C)CCCS1)C1CC1. The minimum absolute atomic E-state index is 0.487. The van der Waals surface area contributed by atoms with Crippen LogP contribution in [-0.4, -0.2) is 36.8 Å². The molecule has 1 N–H and O–H groups in total. The summed E-state index contributed by atoms with van der Waals surface area (Å²) in [6.07, 6.45) is 5.55. The number of rotatable bonds is 6. The Bertz CT molecular complexity index is 200. The summed E-state index contributed by atoms with van der Waals surface area (Å²) in [6, 6.07) is 0.605. The summed E-state index contributed by atoms with van der Waals surface area (Å²) < 4.78 is 5.77. The van der Waals surface area contributed by atoms with Crippen molar-refractivity contribution < 1.29 is 4.74 Å². The Kier molecular flexibility index (Phi) is 3.97. The molecule has 2 rings (SSSR count). The fourth-order valence-electron chi connectivity index (χ4n) is 2.36. The second-order valence-corrected chi connectivity index (χ2v) is 6.86. The molecule has 0 radical (unpaired) electrons. The minimum Gasteiger partial charge on any atom is -0.383 e. The van der Waals surface area contributed by atoms with Crippen molar-refractivity contribution in [2.75, 3.05) is 26.0 Å². The van der Waals surface area contributed by atoms with E-state index < -0.39 is 0 Å². The molecule has 2 aliphatic rings. The molecule has 1 aliphatic heterocycles. The molecule has 1 saturated heterocycles. The Labute approximate surface area is 97.5 Å². The van der Waals surface area contributed by atoms with E-state index in [-0.39, 0.29) is 0 Å². The van der Waals surface area contributed by atoms with Gasteiger partial charge in [0.05, 0.1) is 6.61 Å². The van der Waals surface area contributed by atoms with E-state index in [1.807, 2.05) is 7.11 Å². The molecule has 3 heteroatoms. The lowest BCUT2D eigenvalue weighted by Crippen LogP contribution is -2.42. The van der Waals surface area contributed by atoms with Gasteiger partial charge in [-0.2, -0.15) is 11.8 Å². The fraction of sp³-hybridized carbons (Fsp3) is 1.00. The third kappa shape index (κ3) is 3.36. The van der Waals surface area contributed by atoms with Crippen LogP contribution in [0.4, 0.5) is 0 Å². The Balaban J connectivity index is 1.74. The van der Waals surface area contributed by atoms with Crippen molar-refractivity contribution in [3.63, 3.8) is 0 Å². The van der Waals surface area contributed by atoms with Gasteiger partial charge < -0.3 is 10.1 Å². The first-order valence-corrected chi connectivity index (χ1v) is 7.08. The lowest BCUT2D eigenvalue weighted by molar-refractivity contribution is 0.156. The average Bonchev–Trinajstić information content (AvgIpc) is 2.97. The van der Waals surface area contributed by atoms with Crippen LogP contribution >= 0.6 is 11.8 Å². The zero-order valence-electron chi connectivity index (χ0n) is 9.92. The number of ether oxygens (including phenoxy) is 1. The van der Waals surface area contributed by atoms with Gasteiger partial charge in [0.2, 0.25) is 0 Å². The predicted octanol–water partition coefficient (Wildman–Crippen LogP) is 2.29. The minimum atomic E-state index is 0.487. The van der Waals surface area contributed by atoms with Gasteiger partial charge in [-0.25, -0.2) is 0 Å². The summed E-state index contributed by atoms with van der Waals surface area (Å²) in [7, 11) is 1.81. The quantitative estimate of drug-likeness (QED) is 0.755. The smallest absolute Gasteiger partial charge is 0.0618 e. The third-order valence-electron chi connectivity index (χ3n) is 3.58. The third-order valence-corrected chi connectivity index (χ3v) is 5.11. The van der Waals surface area contributed by atoms with E-state index in [2.05, 4.69) is 24.0 Å². The topological polar surface area (TPSA) is 21.3 Å². The summed E-state index contributed by atoms with van der Waals surface area (Å²) in [6.45, 7) is 4.43. The number of hydrogen-bond acceptors (Lipinski definition) is 3. The molecule has 15 heavy (non-hydrogen) atoms. The maximum Gasteiger partial charge on any atom is 0.0618 e. The maximum atomic E-state index is 5.28. The van der Waals surface area contributed by atoms with Gasteiger partial charge in [-0.05, 0) is 44.3 Å². The van der Waals surface area contributed by atoms with E-state index >= 15 is 0 Å². The van der Waals surface area contributed by atoms with Gasteiger partial charge in [-0.3, -0.25) is 0 Å². The maximum absolute atomic E-state index is 5.28. The van der Waals surface area contributed by atoms with Crippen LogP contribution in [0.2, 0.25) is 0 Å². The molecule has 0 amide bonds. The van der Waals surface area contributed by atoms with Gasteiger partial charge in [0.15, 0.2) is 0 Å². The molecule has 2 unspecified atom stereocenters. The number of nitrogens with one attached hydrogen (secondary N) is 1. The van der Waals surface area contributed by atoms with Crippen molar-refractivity contribution in [1.29, 1.82) is 0 Å². The van der Waals surface area contributed by atoms with Crippen molar-refractivity contribution in [1.82, 2.24) is 5.32 Å². The van der Waals surface area contributed by atoms with Gasteiger partial charge in [0, 0.05) is 24.4 Å². The Morgan fingerprint density at radius 1 is 1.53 bits per heavy atom. The van der Waals surface area contributed by atoms with Crippen molar-refractivity contribution in [2.45, 2.75) is 43.4 Å². The molecule has 1 aliphatic carbocycles. The molecule has 0 aromatic carbocycles. The normalized spacial score (nSPS) is 33.2. The van der Waals surface area contributed by atoms with Crippen LogP contribution in [0.1, 0.15) is 32.6 Å². The largest absolute Gasteiger partial charge is 0.383 e. The number of thioether (sulfide) groups is 1. The summed E-state index contributed by atoms with van der Waals surface area (Å²) in [5.74, 6) is 2.23. The standard InChI is InChI=1S/C12H23NOS/c1-12(6-3-7-15-12)9-13-11(8-14-2)10-4-5-10/h10-11,13H,3-9H2,1-2H3. The zero-order chi connectivity index (χ0) is 10.7.